The SMILES string of the molecule is FC(F)Oc1cccc(NC2=NC(c3cnccn3)=CCc3ccc(I)cc32)c1. The van der Waals surface area contributed by atoms with Gasteiger partial charge in [0.05, 0.1) is 11.9 Å². The molecule has 0 saturated heterocycles. The summed E-state index contributed by atoms with van der Waals surface area (Å²) in [7, 11) is 0. The highest BCUT2D eigenvalue weighted by molar-refractivity contribution is 14.1. The van der Waals surface area contributed by atoms with Crippen LogP contribution >= 0.6 is 22.6 Å². The Morgan fingerprint density at radius 3 is 2.79 bits per heavy atom. The fraction of sp³-hybridized carbons (Fsp3) is 0.0952. The van der Waals surface area contributed by atoms with Gasteiger partial charge in [-0.1, -0.05) is 18.2 Å². The van der Waals surface area contributed by atoms with Gasteiger partial charge in [0, 0.05) is 33.3 Å². The summed E-state index contributed by atoms with van der Waals surface area (Å²) in [5.74, 6) is 0.675. The number of rotatable bonds is 4. The molecule has 0 unspecified atom stereocenters. The predicted octanol–water partition coefficient (Wildman–Crippen LogP) is 5.14. The van der Waals surface area contributed by atoms with Crippen LogP contribution in [0.3, 0.4) is 0 Å². The summed E-state index contributed by atoms with van der Waals surface area (Å²) in [6.45, 7) is -2.88. The first-order valence-corrected chi connectivity index (χ1v) is 9.82. The van der Waals surface area contributed by atoms with Crippen LogP contribution < -0.4 is 10.1 Å². The Morgan fingerprint density at radius 1 is 1.10 bits per heavy atom. The molecule has 3 aromatic rings. The normalized spacial score (nSPS) is 13.2. The summed E-state index contributed by atoms with van der Waals surface area (Å²) < 4.78 is 30.7. The number of halogens is 3. The minimum absolute atomic E-state index is 0.0757. The molecule has 0 atom stereocenters. The average molecular weight is 504 g/mol. The number of amidine groups is 1. The van der Waals surface area contributed by atoms with Gasteiger partial charge < -0.3 is 10.1 Å². The molecule has 4 rings (SSSR count). The number of aromatic nitrogens is 2. The number of hydrogen-bond donors (Lipinski definition) is 1. The summed E-state index contributed by atoms with van der Waals surface area (Å²) in [5.41, 5.74) is 3.96. The molecule has 0 saturated carbocycles. The zero-order chi connectivity index (χ0) is 20.2. The van der Waals surface area contributed by atoms with E-state index in [1.807, 2.05) is 18.2 Å². The topological polar surface area (TPSA) is 59.4 Å². The molecule has 0 radical (unpaired) electrons. The zero-order valence-corrected chi connectivity index (χ0v) is 17.2. The van der Waals surface area contributed by atoms with Crippen molar-refractivity contribution in [1.29, 1.82) is 0 Å². The second-order valence-electron chi connectivity index (χ2n) is 6.18. The Morgan fingerprint density at radius 2 is 2.00 bits per heavy atom. The van der Waals surface area contributed by atoms with Gasteiger partial charge in [0.25, 0.3) is 0 Å². The highest BCUT2D eigenvalue weighted by Crippen LogP contribution is 2.26. The van der Waals surface area contributed by atoms with Crippen molar-refractivity contribution in [2.45, 2.75) is 13.0 Å². The number of benzene rings is 2. The Labute approximate surface area is 179 Å². The van der Waals surface area contributed by atoms with Crippen molar-refractivity contribution in [1.82, 2.24) is 9.97 Å². The molecular formula is C21H15F2IN4O. The van der Waals surface area contributed by atoms with E-state index in [0.29, 0.717) is 29.3 Å². The maximum Gasteiger partial charge on any atom is 0.387 e. The number of hydrogen-bond acceptors (Lipinski definition) is 5. The van der Waals surface area contributed by atoms with E-state index >= 15 is 0 Å². The van der Waals surface area contributed by atoms with E-state index < -0.39 is 6.61 Å². The van der Waals surface area contributed by atoms with Gasteiger partial charge in [-0.05, 0) is 58.8 Å². The highest BCUT2D eigenvalue weighted by Gasteiger charge is 2.16. The quantitative estimate of drug-likeness (QED) is 0.501. The van der Waals surface area contributed by atoms with Crippen LogP contribution in [0.1, 0.15) is 16.8 Å². The number of fused-ring (bicyclic) bond motifs is 1. The number of nitrogens with one attached hydrogen (secondary N) is 1. The molecule has 0 fully saturated rings. The minimum Gasteiger partial charge on any atom is -0.435 e. The Kier molecular flexibility index (Phi) is 5.79. The third-order valence-electron chi connectivity index (χ3n) is 4.22. The lowest BCUT2D eigenvalue weighted by molar-refractivity contribution is -0.0497. The monoisotopic (exact) mass is 504 g/mol. The third-order valence-corrected chi connectivity index (χ3v) is 4.89. The first-order valence-electron chi connectivity index (χ1n) is 8.74. The predicted molar refractivity (Wildman–Crippen MR) is 116 cm³/mol. The standard InChI is InChI=1S/C21H15F2IN4O/c22-21(23)29-16-3-1-2-15(11-16)27-20-17-10-14(24)6-4-13(17)5-7-18(28-20)19-12-25-8-9-26-19/h1-4,6-12,21H,5H2,(H,27,28). The summed E-state index contributed by atoms with van der Waals surface area (Å²) >= 11 is 2.25. The molecule has 0 aliphatic carbocycles. The summed E-state index contributed by atoms with van der Waals surface area (Å²) in [6.07, 6.45) is 7.56. The molecular weight excluding hydrogens is 489 g/mol. The summed E-state index contributed by atoms with van der Waals surface area (Å²) in [6, 6.07) is 12.5. The number of anilines is 1. The van der Waals surface area contributed by atoms with Crippen molar-refractivity contribution >= 4 is 39.8 Å². The lowest BCUT2D eigenvalue weighted by atomic mass is 10.0. The van der Waals surface area contributed by atoms with Crippen LogP contribution in [0, 0.1) is 3.57 Å². The van der Waals surface area contributed by atoms with E-state index in [4.69, 9.17) is 4.99 Å². The molecule has 1 aliphatic rings. The Bertz CT molecular complexity index is 1090. The second kappa shape index (κ2) is 8.64. The minimum atomic E-state index is -2.88. The lowest BCUT2D eigenvalue weighted by Crippen LogP contribution is -2.15. The van der Waals surface area contributed by atoms with Crippen LogP contribution in [0.4, 0.5) is 14.5 Å². The van der Waals surface area contributed by atoms with Crippen LogP contribution in [-0.4, -0.2) is 22.4 Å². The van der Waals surface area contributed by atoms with Crippen LogP contribution in [0.5, 0.6) is 5.75 Å². The fourth-order valence-electron chi connectivity index (χ4n) is 2.96. The van der Waals surface area contributed by atoms with Gasteiger partial charge in [-0.2, -0.15) is 8.78 Å². The van der Waals surface area contributed by atoms with Gasteiger partial charge in [0.15, 0.2) is 0 Å². The number of allylic oxidation sites excluding steroid dienone is 1. The molecule has 0 amide bonds. The number of alkyl halides is 2. The van der Waals surface area contributed by atoms with Crippen molar-refractivity contribution in [3.63, 3.8) is 0 Å². The number of nitrogens with zero attached hydrogens (tertiary/aromatic N) is 3. The van der Waals surface area contributed by atoms with Gasteiger partial charge in [-0.3, -0.25) is 9.97 Å². The van der Waals surface area contributed by atoms with Crippen LogP contribution in [0.25, 0.3) is 5.70 Å². The van der Waals surface area contributed by atoms with Crippen molar-refractivity contribution in [2.75, 3.05) is 5.32 Å². The van der Waals surface area contributed by atoms with Gasteiger partial charge in [-0.15, -0.1) is 0 Å². The van der Waals surface area contributed by atoms with E-state index in [-0.39, 0.29) is 5.75 Å². The number of aliphatic imine (C=N–C) groups is 1. The maximum absolute atomic E-state index is 12.6. The first-order chi connectivity index (χ1) is 14.1. The van der Waals surface area contributed by atoms with Crippen molar-refractivity contribution in [3.8, 4) is 5.75 Å². The Hall–Kier alpha value is -2.88. The van der Waals surface area contributed by atoms with Crippen LogP contribution in [-0.2, 0) is 6.42 Å². The second-order valence-corrected chi connectivity index (χ2v) is 7.42. The van der Waals surface area contributed by atoms with E-state index in [0.717, 1.165) is 14.7 Å². The lowest BCUT2D eigenvalue weighted by Gasteiger charge is -2.14. The molecule has 1 aliphatic heterocycles. The molecule has 146 valence electrons. The van der Waals surface area contributed by atoms with Gasteiger partial charge in [0.1, 0.15) is 17.3 Å². The first kappa shape index (κ1) is 19.4. The van der Waals surface area contributed by atoms with Gasteiger partial charge in [-0.25, -0.2) is 4.99 Å². The van der Waals surface area contributed by atoms with Crippen molar-refractivity contribution in [3.05, 3.63) is 87.5 Å². The Balaban J connectivity index is 1.75. The van der Waals surface area contributed by atoms with Crippen LogP contribution in [0.2, 0.25) is 0 Å². The summed E-state index contributed by atoms with van der Waals surface area (Å²) in [4.78, 5) is 13.2. The van der Waals surface area contributed by atoms with Crippen LogP contribution in [0.15, 0.2) is 72.1 Å². The molecule has 8 heteroatoms. The maximum atomic E-state index is 12.6. The van der Waals surface area contributed by atoms with E-state index in [9.17, 15) is 8.78 Å². The van der Waals surface area contributed by atoms with E-state index in [1.54, 1.807) is 30.7 Å². The van der Waals surface area contributed by atoms with Crippen molar-refractivity contribution < 1.29 is 13.5 Å². The summed E-state index contributed by atoms with van der Waals surface area (Å²) in [5, 5.41) is 3.25. The highest BCUT2D eigenvalue weighted by atomic mass is 127. The molecule has 2 heterocycles. The van der Waals surface area contributed by atoms with E-state index in [2.05, 4.69) is 48.7 Å². The molecule has 1 N–H and O–H groups in total. The molecule has 0 bridgehead atoms. The molecule has 0 spiro atoms. The van der Waals surface area contributed by atoms with Crippen molar-refractivity contribution in [2.24, 2.45) is 4.99 Å². The fourth-order valence-corrected chi connectivity index (χ4v) is 3.45. The molecule has 29 heavy (non-hydrogen) atoms. The molecule has 1 aromatic heterocycles. The average Bonchev–Trinajstić information content (AvgIpc) is 2.88. The molecule has 5 nitrogen and oxygen atoms in total. The number of ether oxygens (including phenoxy) is 1. The smallest absolute Gasteiger partial charge is 0.387 e. The largest absolute Gasteiger partial charge is 0.435 e. The molecule has 2 aromatic carbocycles. The van der Waals surface area contributed by atoms with Gasteiger partial charge in [0.2, 0.25) is 0 Å². The van der Waals surface area contributed by atoms with Gasteiger partial charge >= 0.3 is 6.61 Å². The third kappa shape index (κ3) is 4.76. The zero-order valence-electron chi connectivity index (χ0n) is 15.0. The van der Waals surface area contributed by atoms with E-state index in [1.165, 1.54) is 12.1 Å².